The molecule has 2 aromatic carbocycles. The number of amides is 1. The molecule has 0 fully saturated rings. The third-order valence-corrected chi connectivity index (χ3v) is 5.65. The van der Waals surface area contributed by atoms with Crippen molar-refractivity contribution in [1.29, 1.82) is 5.41 Å². The molecule has 1 amide bonds. The quantitative estimate of drug-likeness (QED) is 0.339. The Morgan fingerprint density at radius 3 is 2.73 bits per heavy atom. The molecule has 2 aromatic rings. The van der Waals surface area contributed by atoms with Crippen LogP contribution < -0.4 is 9.64 Å². The largest absolute Gasteiger partial charge is 0.490 e. The van der Waals surface area contributed by atoms with Crippen molar-refractivity contribution >= 4 is 29.4 Å². The molecule has 1 aliphatic rings. The van der Waals surface area contributed by atoms with Crippen molar-refractivity contribution in [3.8, 4) is 5.75 Å². The number of benzene rings is 2. The van der Waals surface area contributed by atoms with Crippen molar-refractivity contribution in [1.82, 2.24) is 0 Å². The number of rotatable bonds is 9. The second kappa shape index (κ2) is 11.9. The summed E-state index contributed by atoms with van der Waals surface area (Å²) in [5, 5.41) is 7.93. The second-order valence-corrected chi connectivity index (χ2v) is 8.30. The van der Waals surface area contributed by atoms with Gasteiger partial charge in [0.2, 0.25) is 5.91 Å². The summed E-state index contributed by atoms with van der Waals surface area (Å²) >= 11 is 0. The number of aryl methyl sites for hydroxylation is 1. The first-order valence-corrected chi connectivity index (χ1v) is 11.3. The van der Waals surface area contributed by atoms with Gasteiger partial charge in [0.1, 0.15) is 12.4 Å². The highest BCUT2D eigenvalue weighted by molar-refractivity contribution is 6.38. The van der Waals surface area contributed by atoms with E-state index in [9.17, 15) is 9.59 Å². The number of Topliss-reactive ketones (excluding diaryl/α,β-unsaturated/α-hetero) is 1. The number of hydrogen-bond acceptors (Lipinski definition) is 4. The van der Waals surface area contributed by atoms with Crippen molar-refractivity contribution in [2.75, 3.05) is 18.6 Å². The van der Waals surface area contributed by atoms with Crippen LogP contribution in [-0.4, -0.2) is 37.4 Å². The minimum absolute atomic E-state index is 0.0515. The molecule has 6 nitrogen and oxygen atoms in total. The number of para-hydroxylation sites is 2. The molecule has 0 spiro atoms. The van der Waals surface area contributed by atoms with E-state index < -0.39 is 5.92 Å². The maximum absolute atomic E-state index is 12.7. The summed E-state index contributed by atoms with van der Waals surface area (Å²) in [5.41, 5.74) is 2.01. The first-order valence-electron chi connectivity index (χ1n) is 11.3. The Morgan fingerprint density at radius 2 is 1.94 bits per heavy atom. The van der Waals surface area contributed by atoms with Crippen LogP contribution >= 0.6 is 0 Å². The Bertz CT molecular complexity index is 1030. The number of fused-ring (bicyclic) bond motifs is 1. The van der Waals surface area contributed by atoms with E-state index in [-0.39, 0.29) is 36.5 Å². The van der Waals surface area contributed by atoms with Gasteiger partial charge in [-0.05, 0) is 42.9 Å². The van der Waals surface area contributed by atoms with Gasteiger partial charge in [0.15, 0.2) is 11.6 Å². The summed E-state index contributed by atoms with van der Waals surface area (Å²) < 4.78 is 5.79. The van der Waals surface area contributed by atoms with E-state index >= 15 is 0 Å². The fourth-order valence-electron chi connectivity index (χ4n) is 3.59. The second-order valence-electron chi connectivity index (χ2n) is 8.30. The van der Waals surface area contributed by atoms with E-state index in [1.165, 1.54) is 5.56 Å². The number of nitrogens with one attached hydrogen (secondary N) is 1. The molecule has 1 unspecified atom stereocenters. The van der Waals surface area contributed by atoms with Crippen LogP contribution in [0.4, 0.5) is 5.69 Å². The van der Waals surface area contributed by atoms with E-state index in [4.69, 9.17) is 10.1 Å². The van der Waals surface area contributed by atoms with Gasteiger partial charge in [-0.15, -0.1) is 0 Å². The molecule has 33 heavy (non-hydrogen) atoms. The zero-order valence-corrected chi connectivity index (χ0v) is 19.2. The molecule has 1 N–H and O–H groups in total. The highest BCUT2D eigenvalue weighted by atomic mass is 16.5. The number of allylic oxidation sites excluding steroid dienone is 1. The summed E-state index contributed by atoms with van der Waals surface area (Å²) in [6, 6.07) is 17.7. The fraction of sp³-hybridized carbons (Fsp3) is 0.333. The molecule has 0 aromatic heterocycles. The summed E-state index contributed by atoms with van der Waals surface area (Å²) in [6.07, 6.45) is 7.76. The van der Waals surface area contributed by atoms with Crippen LogP contribution in [0.2, 0.25) is 0 Å². The standard InChI is InChI=1S/C27H31N3O3/c1-20(16-17-21-10-4-3-5-11-21)18-29-26(28)24(31)14-8-6-12-22-19-33-25-15-9-7-13-23(25)30(2)27(22)32/h3-7,9-13,15,18,20,22,28H,8,14,16-17,19H2,1-2H3/b12-6+,28-26?,29-18?/t20?,22-/m0/s1. The number of ketones is 1. The molecule has 172 valence electrons. The lowest BCUT2D eigenvalue weighted by molar-refractivity contribution is -0.121. The Hall–Kier alpha value is -3.54. The van der Waals surface area contributed by atoms with Crippen molar-refractivity contribution in [2.45, 2.75) is 32.6 Å². The summed E-state index contributed by atoms with van der Waals surface area (Å²) in [5.74, 6) is -0.132. The average Bonchev–Trinajstić information content (AvgIpc) is 2.96. The van der Waals surface area contributed by atoms with E-state index in [1.807, 2.05) is 55.5 Å². The number of anilines is 1. The van der Waals surface area contributed by atoms with E-state index in [0.717, 1.165) is 18.5 Å². The van der Waals surface area contributed by atoms with E-state index in [0.29, 0.717) is 12.2 Å². The molecule has 0 saturated carbocycles. The van der Waals surface area contributed by atoms with Crippen molar-refractivity contribution < 1.29 is 14.3 Å². The topological polar surface area (TPSA) is 82.8 Å². The molecule has 0 radical (unpaired) electrons. The molecule has 6 heteroatoms. The van der Waals surface area contributed by atoms with Gasteiger partial charge in [-0.25, -0.2) is 4.99 Å². The van der Waals surface area contributed by atoms with E-state index in [1.54, 1.807) is 24.2 Å². The van der Waals surface area contributed by atoms with Crippen LogP contribution in [0.3, 0.4) is 0 Å². The summed E-state index contributed by atoms with van der Waals surface area (Å²) in [6.45, 7) is 2.29. The third-order valence-electron chi connectivity index (χ3n) is 5.65. The van der Waals surface area contributed by atoms with Crippen molar-refractivity contribution in [3.63, 3.8) is 0 Å². The molecule has 3 rings (SSSR count). The van der Waals surface area contributed by atoms with Gasteiger partial charge in [0, 0.05) is 19.7 Å². The van der Waals surface area contributed by atoms with Crippen LogP contribution in [0.15, 0.2) is 71.7 Å². The number of nitrogens with zero attached hydrogens (tertiary/aromatic N) is 2. The maximum atomic E-state index is 12.7. The Balaban J connectivity index is 1.42. The lowest BCUT2D eigenvalue weighted by atomic mass is 10.0. The molecule has 0 saturated heterocycles. The Morgan fingerprint density at radius 1 is 1.21 bits per heavy atom. The van der Waals surface area contributed by atoms with Crippen LogP contribution in [0, 0.1) is 17.2 Å². The first-order chi connectivity index (χ1) is 16.0. The lowest BCUT2D eigenvalue weighted by Gasteiger charge is -2.17. The number of amidine groups is 1. The van der Waals surface area contributed by atoms with Gasteiger partial charge >= 0.3 is 0 Å². The lowest BCUT2D eigenvalue weighted by Crippen LogP contribution is -2.32. The van der Waals surface area contributed by atoms with Gasteiger partial charge in [0.25, 0.3) is 0 Å². The number of carbonyl (C=O) groups excluding carboxylic acids is 2. The van der Waals surface area contributed by atoms with Crippen LogP contribution in [0.25, 0.3) is 0 Å². The van der Waals surface area contributed by atoms with Crippen molar-refractivity contribution in [2.24, 2.45) is 16.8 Å². The van der Waals surface area contributed by atoms with Crippen LogP contribution in [0.5, 0.6) is 5.75 Å². The highest BCUT2D eigenvalue weighted by Crippen LogP contribution is 2.31. The predicted molar refractivity (Wildman–Crippen MR) is 132 cm³/mol. The van der Waals surface area contributed by atoms with E-state index in [2.05, 4.69) is 17.1 Å². The maximum Gasteiger partial charge on any atom is 0.237 e. The van der Waals surface area contributed by atoms with Gasteiger partial charge < -0.3 is 9.64 Å². The van der Waals surface area contributed by atoms with Gasteiger partial charge in [-0.2, -0.15) is 0 Å². The number of hydrogen-bond donors (Lipinski definition) is 1. The smallest absolute Gasteiger partial charge is 0.237 e. The molecule has 0 aliphatic carbocycles. The molecule has 1 aliphatic heterocycles. The fourth-order valence-corrected chi connectivity index (χ4v) is 3.59. The van der Waals surface area contributed by atoms with Crippen LogP contribution in [-0.2, 0) is 16.0 Å². The minimum Gasteiger partial charge on any atom is -0.490 e. The number of carbonyl (C=O) groups is 2. The zero-order chi connectivity index (χ0) is 23.6. The first kappa shape index (κ1) is 24.1. The van der Waals surface area contributed by atoms with Crippen LogP contribution in [0.1, 0.15) is 31.7 Å². The SMILES string of the molecule is CC(C=NC(=N)C(=O)CC/C=C/[C@H]1COc2ccccc2N(C)C1=O)CCc1ccccc1. The zero-order valence-electron chi connectivity index (χ0n) is 19.2. The third kappa shape index (κ3) is 6.97. The summed E-state index contributed by atoms with van der Waals surface area (Å²) in [4.78, 5) is 30.6. The predicted octanol–water partition coefficient (Wildman–Crippen LogP) is 4.88. The Kier molecular flexibility index (Phi) is 8.70. The van der Waals surface area contributed by atoms with Crippen molar-refractivity contribution in [3.05, 3.63) is 72.3 Å². The molecule has 1 heterocycles. The number of aliphatic imine (C=N–C) groups is 1. The molecular weight excluding hydrogens is 414 g/mol. The highest BCUT2D eigenvalue weighted by Gasteiger charge is 2.27. The molecule has 2 atom stereocenters. The minimum atomic E-state index is -0.416. The summed E-state index contributed by atoms with van der Waals surface area (Å²) in [7, 11) is 1.74. The average molecular weight is 446 g/mol. The molecule has 0 bridgehead atoms. The monoisotopic (exact) mass is 445 g/mol. The van der Waals surface area contributed by atoms with Gasteiger partial charge in [-0.3, -0.25) is 15.0 Å². The number of ether oxygens (including phenoxy) is 1. The van der Waals surface area contributed by atoms with Gasteiger partial charge in [-0.1, -0.05) is 61.5 Å². The van der Waals surface area contributed by atoms with Gasteiger partial charge in [0.05, 0.1) is 11.6 Å². The normalized spacial score (nSPS) is 17.0. The Labute approximate surface area is 195 Å². The molecular formula is C27H31N3O3.